The molecular weight excluding hydrogens is 230 g/mol. The average Bonchev–Trinajstić information content (AvgIpc) is 2.93. The molecule has 0 atom stereocenters. The lowest BCUT2D eigenvalue weighted by Gasteiger charge is -2.09. The predicted molar refractivity (Wildman–Crippen MR) is 65.7 cm³/mol. The molecule has 0 saturated carbocycles. The van der Waals surface area contributed by atoms with E-state index >= 15 is 0 Å². The molecule has 0 radical (unpaired) electrons. The van der Waals surface area contributed by atoms with Gasteiger partial charge in [-0.15, -0.1) is 0 Å². The zero-order chi connectivity index (χ0) is 12.8. The molecule has 0 fully saturated rings. The second kappa shape index (κ2) is 5.84. The van der Waals surface area contributed by atoms with Crippen LogP contribution in [0, 0.1) is 11.3 Å². The number of benzene rings is 1. The highest BCUT2D eigenvalue weighted by atomic mass is 16.5. The van der Waals surface area contributed by atoms with Crippen molar-refractivity contribution >= 4 is 0 Å². The minimum absolute atomic E-state index is 0.478. The van der Waals surface area contributed by atoms with E-state index in [4.69, 9.17) is 14.7 Å². The maximum Gasteiger partial charge on any atom is 0.121 e. The second-order valence-corrected chi connectivity index (χ2v) is 3.60. The molecule has 5 nitrogen and oxygen atoms in total. The summed E-state index contributed by atoms with van der Waals surface area (Å²) in [6, 6.07) is 7.47. The van der Waals surface area contributed by atoms with E-state index in [0.717, 1.165) is 5.69 Å². The van der Waals surface area contributed by atoms with Crippen LogP contribution in [0.25, 0.3) is 5.69 Å². The summed E-state index contributed by atoms with van der Waals surface area (Å²) < 4.78 is 12.2. The van der Waals surface area contributed by atoms with Crippen LogP contribution in [-0.2, 0) is 4.74 Å². The van der Waals surface area contributed by atoms with Gasteiger partial charge in [-0.25, -0.2) is 4.98 Å². The number of methoxy groups -OCH3 is 1. The molecule has 92 valence electrons. The van der Waals surface area contributed by atoms with Gasteiger partial charge in [0, 0.05) is 25.6 Å². The molecular formula is C13H13N3O2. The van der Waals surface area contributed by atoms with Crippen molar-refractivity contribution in [3.63, 3.8) is 0 Å². The van der Waals surface area contributed by atoms with Crippen LogP contribution in [0.1, 0.15) is 5.56 Å². The molecule has 0 bridgehead atoms. The van der Waals surface area contributed by atoms with Crippen molar-refractivity contribution in [2.45, 2.75) is 0 Å². The van der Waals surface area contributed by atoms with Crippen LogP contribution < -0.4 is 4.74 Å². The van der Waals surface area contributed by atoms with E-state index in [-0.39, 0.29) is 0 Å². The highest BCUT2D eigenvalue weighted by Crippen LogP contribution is 2.21. The molecule has 2 aromatic rings. The summed E-state index contributed by atoms with van der Waals surface area (Å²) in [5, 5.41) is 9.08. The number of imidazole rings is 1. The topological polar surface area (TPSA) is 60.1 Å². The van der Waals surface area contributed by atoms with Crippen LogP contribution in [0.4, 0.5) is 0 Å². The lowest BCUT2D eigenvalue weighted by Crippen LogP contribution is -2.05. The summed E-state index contributed by atoms with van der Waals surface area (Å²) in [7, 11) is 1.62. The van der Waals surface area contributed by atoms with Crippen LogP contribution in [0.2, 0.25) is 0 Å². The predicted octanol–water partition coefficient (Wildman–Crippen LogP) is 1.77. The molecule has 0 saturated heterocycles. The smallest absolute Gasteiger partial charge is 0.121 e. The number of hydrogen-bond donors (Lipinski definition) is 0. The molecule has 1 aromatic heterocycles. The minimum Gasteiger partial charge on any atom is -0.491 e. The Morgan fingerprint density at radius 1 is 1.39 bits per heavy atom. The molecule has 0 aliphatic rings. The van der Waals surface area contributed by atoms with E-state index in [1.807, 2.05) is 6.07 Å². The first-order valence-electron chi connectivity index (χ1n) is 5.49. The van der Waals surface area contributed by atoms with E-state index in [2.05, 4.69) is 11.1 Å². The number of nitriles is 1. The first kappa shape index (κ1) is 12.1. The Kier molecular flexibility index (Phi) is 3.94. The normalized spacial score (nSPS) is 10.0. The molecule has 0 N–H and O–H groups in total. The van der Waals surface area contributed by atoms with Crippen LogP contribution in [0.5, 0.6) is 5.75 Å². The van der Waals surface area contributed by atoms with Gasteiger partial charge in [0.2, 0.25) is 0 Å². The molecule has 1 aromatic carbocycles. The van der Waals surface area contributed by atoms with Gasteiger partial charge in [0.15, 0.2) is 0 Å². The molecule has 1 heterocycles. The first-order chi connectivity index (χ1) is 8.85. The monoisotopic (exact) mass is 243 g/mol. The fourth-order valence-electron chi connectivity index (χ4n) is 1.55. The van der Waals surface area contributed by atoms with Crippen LogP contribution in [-0.4, -0.2) is 29.9 Å². The zero-order valence-electron chi connectivity index (χ0n) is 10.0. The maximum atomic E-state index is 9.08. The van der Waals surface area contributed by atoms with E-state index < -0.39 is 0 Å². The average molecular weight is 243 g/mol. The zero-order valence-corrected chi connectivity index (χ0v) is 10.0. The van der Waals surface area contributed by atoms with Gasteiger partial charge in [0.1, 0.15) is 18.4 Å². The lowest BCUT2D eigenvalue weighted by atomic mass is 10.2. The Bertz CT molecular complexity index is 544. The quantitative estimate of drug-likeness (QED) is 0.751. The largest absolute Gasteiger partial charge is 0.491 e. The summed E-state index contributed by atoms with van der Waals surface area (Å²) in [5.41, 5.74) is 1.33. The molecule has 0 amide bonds. The maximum absolute atomic E-state index is 9.08. The number of rotatable bonds is 5. The second-order valence-electron chi connectivity index (χ2n) is 3.60. The van der Waals surface area contributed by atoms with E-state index in [1.165, 1.54) is 0 Å². The number of aromatic nitrogens is 2. The Morgan fingerprint density at radius 3 is 2.94 bits per heavy atom. The highest BCUT2D eigenvalue weighted by Gasteiger charge is 2.06. The fraction of sp³-hybridized carbons (Fsp3) is 0.231. The van der Waals surface area contributed by atoms with Gasteiger partial charge in [-0.3, -0.25) is 0 Å². The van der Waals surface area contributed by atoms with Crippen molar-refractivity contribution in [2.75, 3.05) is 20.3 Å². The van der Waals surface area contributed by atoms with Crippen molar-refractivity contribution in [1.29, 1.82) is 5.26 Å². The van der Waals surface area contributed by atoms with Crippen LogP contribution in [0.15, 0.2) is 36.9 Å². The van der Waals surface area contributed by atoms with Gasteiger partial charge in [0.05, 0.1) is 24.2 Å². The first-order valence-corrected chi connectivity index (χ1v) is 5.49. The number of hydrogen-bond acceptors (Lipinski definition) is 4. The van der Waals surface area contributed by atoms with Gasteiger partial charge in [-0.1, -0.05) is 0 Å². The molecule has 0 aliphatic carbocycles. The third-order valence-electron chi connectivity index (χ3n) is 2.43. The van der Waals surface area contributed by atoms with Gasteiger partial charge < -0.3 is 14.0 Å². The molecule has 5 heteroatoms. The van der Waals surface area contributed by atoms with Crippen molar-refractivity contribution in [3.8, 4) is 17.5 Å². The molecule has 18 heavy (non-hydrogen) atoms. The Hall–Kier alpha value is -2.32. The molecule has 0 spiro atoms. The Balaban J connectivity index is 2.26. The number of ether oxygens (including phenoxy) is 2. The van der Waals surface area contributed by atoms with Crippen molar-refractivity contribution in [3.05, 3.63) is 42.5 Å². The molecule has 0 aliphatic heterocycles. The number of nitrogens with zero attached hydrogens (tertiary/aromatic N) is 3. The SMILES string of the molecule is COCCOc1ccc(C#N)c(-n2ccnc2)c1. The standard InChI is InChI=1S/C13H13N3O2/c1-17-6-7-18-12-3-2-11(9-14)13(8-12)16-5-4-15-10-16/h2-5,8,10H,6-7H2,1H3. The van der Waals surface area contributed by atoms with Crippen molar-refractivity contribution < 1.29 is 9.47 Å². The molecule has 2 rings (SSSR count). The van der Waals surface area contributed by atoms with Crippen LogP contribution >= 0.6 is 0 Å². The van der Waals surface area contributed by atoms with E-state index in [9.17, 15) is 0 Å². The van der Waals surface area contributed by atoms with Crippen molar-refractivity contribution in [2.24, 2.45) is 0 Å². The fourth-order valence-corrected chi connectivity index (χ4v) is 1.55. The van der Waals surface area contributed by atoms with Crippen molar-refractivity contribution in [1.82, 2.24) is 9.55 Å². The van der Waals surface area contributed by atoms with Gasteiger partial charge >= 0.3 is 0 Å². The van der Waals surface area contributed by atoms with Gasteiger partial charge in [-0.05, 0) is 12.1 Å². The minimum atomic E-state index is 0.478. The summed E-state index contributed by atoms with van der Waals surface area (Å²) in [5.74, 6) is 0.703. The highest BCUT2D eigenvalue weighted by molar-refractivity contribution is 5.52. The lowest BCUT2D eigenvalue weighted by molar-refractivity contribution is 0.146. The van der Waals surface area contributed by atoms with Gasteiger partial charge in [-0.2, -0.15) is 5.26 Å². The van der Waals surface area contributed by atoms with E-state index in [1.54, 1.807) is 42.5 Å². The summed E-state index contributed by atoms with van der Waals surface area (Å²) in [4.78, 5) is 3.97. The van der Waals surface area contributed by atoms with E-state index in [0.29, 0.717) is 24.5 Å². The summed E-state index contributed by atoms with van der Waals surface area (Å²) >= 11 is 0. The van der Waals surface area contributed by atoms with Crippen LogP contribution in [0.3, 0.4) is 0 Å². The Morgan fingerprint density at radius 2 is 2.28 bits per heavy atom. The molecule has 0 unspecified atom stereocenters. The Labute approximate surface area is 105 Å². The summed E-state index contributed by atoms with van der Waals surface area (Å²) in [6.07, 6.45) is 5.10. The third kappa shape index (κ3) is 2.67. The van der Waals surface area contributed by atoms with Gasteiger partial charge in [0.25, 0.3) is 0 Å². The summed E-state index contributed by atoms with van der Waals surface area (Å²) in [6.45, 7) is 1.01. The third-order valence-corrected chi connectivity index (χ3v) is 2.43.